The number of ether oxygens (including phenoxy) is 1. The van der Waals surface area contributed by atoms with Crippen molar-refractivity contribution in [2.45, 2.75) is 33.4 Å². The number of amides is 1. The average molecular weight is 389 g/mol. The second-order valence-corrected chi connectivity index (χ2v) is 7.02. The summed E-state index contributed by atoms with van der Waals surface area (Å²) < 4.78 is 5.83. The van der Waals surface area contributed by atoms with Gasteiger partial charge in [0, 0.05) is 19.3 Å². The molecule has 0 unspecified atom stereocenters. The number of hydrogen-bond donors (Lipinski definition) is 1. The van der Waals surface area contributed by atoms with Gasteiger partial charge in [-0.1, -0.05) is 42.5 Å². The van der Waals surface area contributed by atoms with Crippen molar-refractivity contribution in [3.05, 3.63) is 84.1 Å². The first kappa shape index (κ1) is 20.4. The molecule has 1 aromatic heterocycles. The van der Waals surface area contributed by atoms with Gasteiger partial charge in [-0.3, -0.25) is 4.79 Å². The fraction of sp³-hybridized carbons (Fsp3) is 0.250. The highest BCUT2D eigenvalue weighted by Gasteiger charge is 2.15. The van der Waals surface area contributed by atoms with Gasteiger partial charge in [-0.2, -0.15) is 0 Å². The molecule has 3 rings (SSSR count). The molecular weight excluding hydrogens is 362 g/mol. The Hall–Kier alpha value is -3.34. The van der Waals surface area contributed by atoms with E-state index in [1.54, 1.807) is 12.3 Å². The van der Waals surface area contributed by atoms with Crippen LogP contribution in [0.2, 0.25) is 0 Å². The lowest BCUT2D eigenvalue weighted by Gasteiger charge is -2.21. The first-order valence-electron chi connectivity index (χ1n) is 9.88. The van der Waals surface area contributed by atoms with Crippen LogP contribution in [0.25, 0.3) is 0 Å². The molecule has 0 radical (unpaired) electrons. The molecule has 5 heteroatoms. The Kier molecular flexibility index (Phi) is 6.85. The molecule has 0 saturated carbocycles. The third-order valence-corrected chi connectivity index (χ3v) is 4.41. The summed E-state index contributed by atoms with van der Waals surface area (Å²) in [6, 6.07) is 21.3. The van der Waals surface area contributed by atoms with Crippen molar-refractivity contribution in [1.82, 2.24) is 9.88 Å². The van der Waals surface area contributed by atoms with Crippen molar-refractivity contribution in [1.29, 1.82) is 0 Å². The van der Waals surface area contributed by atoms with Crippen molar-refractivity contribution >= 4 is 17.4 Å². The van der Waals surface area contributed by atoms with Gasteiger partial charge < -0.3 is 15.0 Å². The van der Waals surface area contributed by atoms with E-state index in [0.717, 1.165) is 17.0 Å². The molecule has 0 aliphatic carbocycles. The predicted molar refractivity (Wildman–Crippen MR) is 117 cm³/mol. The molecule has 1 N–H and O–H groups in total. The first-order chi connectivity index (χ1) is 14.1. The molecule has 3 aromatic rings. The molecular formula is C24H27N3O2. The van der Waals surface area contributed by atoms with Gasteiger partial charge in [0.05, 0.1) is 17.4 Å². The smallest absolute Gasteiger partial charge is 0.255 e. The maximum atomic E-state index is 12.9. The molecule has 0 aliphatic heterocycles. The summed E-state index contributed by atoms with van der Waals surface area (Å²) in [7, 11) is 0. The van der Waals surface area contributed by atoms with Crippen molar-refractivity contribution in [2.75, 3.05) is 11.9 Å². The van der Waals surface area contributed by atoms with Gasteiger partial charge in [-0.25, -0.2) is 4.98 Å². The Balaban J connectivity index is 1.70. The van der Waals surface area contributed by atoms with E-state index < -0.39 is 0 Å². The van der Waals surface area contributed by atoms with Crippen LogP contribution in [0, 0.1) is 0 Å². The number of nitrogens with zero attached hydrogens (tertiary/aromatic N) is 2. The zero-order chi connectivity index (χ0) is 20.6. The number of carbonyl (C=O) groups excluding carboxylic acids is 1. The maximum absolute atomic E-state index is 12.9. The lowest BCUT2D eigenvalue weighted by molar-refractivity contribution is 0.0752. The van der Waals surface area contributed by atoms with E-state index in [1.165, 1.54) is 0 Å². The number of pyridine rings is 1. The number of aromatic nitrogens is 1. The van der Waals surface area contributed by atoms with Crippen molar-refractivity contribution < 1.29 is 9.53 Å². The summed E-state index contributed by atoms with van der Waals surface area (Å²) in [5.41, 5.74) is 2.52. The Labute approximate surface area is 172 Å². The number of hydrogen-bond acceptors (Lipinski definition) is 4. The topological polar surface area (TPSA) is 54.5 Å². The summed E-state index contributed by atoms with van der Waals surface area (Å²) in [6.07, 6.45) is 1.69. The highest BCUT2D eigenvalue weighted by molar-refractivity contribution is 5.94. The van der Waals surface area contributed by atoms with E-state index in [0.29, 0.717) is 24.5 Å². The van der Waals surface area contributed by atoms with Crippen molar-refractivity contribution in [2.24, 2.45) is 0 Å². The lowest BCUT2D eigenvalue weighted by atomic mass is 10.2. The Morgan fingerprint density at radius 3 is 2.41 bits per heavy atom. The van der Waals surface area contributed by atoms with Gasteiger partial charge in [0.1, 0.15) is 11.6 Å². The molecule has 150 valence electrons. The van der Waals surface area contributed by atoms with Gasteiger partial charge in [0.15, 0.2) is 0 Å². The average Bonchev–Trinajstić information content (AvgIpc) is 2.74. The van der Waals surface area contributed by atoms with Crippen LogP contribution in [0.5, 0.6) is 5.75 Å². The third kappa shape index (κ3) is 5.57. The summed E-state index contributed by atoms with van der Waals surface area (Å²) >= 11 is 0. The molecule has 1 amide bonds. The quantitative estimate of drug-likeness (QED) is 0.570. The molecule has 5 nitrogen and oxygen atoms in total. The minimum Gasteiger partial charge on any atom is -0.489 e. The lowest BCUT2D eigenvalue weighted by Crippen LogP contribution is -2.30. The summed E-state index contributed by atoms with van der Waals surface area (Å²) in [5.74, 6) is 1.40. The molecule has 0 saturated heterocycles. The molecule has 1 heterocycles. The highest BCUT2D eigenvalue weighted by Crippen LogP contribution is 2.27. The van der Waals surface area contributed by atoms with Crippen LogP contribution in [0.4, 0.5) is 11.5 Å². The zero-order valence-corrected chi connectivity index (χ0v) is 17.1. The number of anilines is 2. The second-order valence-electron chi connectivity index (χ2n) is 7.02. The molecule has 0 fully saturated rings. The van der Waals surface area contributed by atoms with E-state index in [4.69, 9.17) is 4.74 Å². The molecule has 0 aliphatic rings. The summed E-state index contributed by atoms with van der Waals surface area (Å²) in [6.45, 7) is 7.17. The van der Waals surface area contributed by atoms with Gasteiger partial charge in [0.2, 0.25) is 0 Å². The Morgan fingerprint density at radius 1 is 1.03 bits per heavy atom. The summed E-state index contributed by atoms with van der Waals surface area (Å²) in [4.78, 5) is 19.1. The van der Waals surface area contributed by atoms with Gasteiger partial charge in [-0.05, 0) is 50.6 Å². The molecule has 29 heavy (non-hydrogen) atoms. The molecule has 2 aromatic carbocycles. The van der Waals surface area contributed by atoms with E-state index in [1.807, 2.05) is 86.3 Å². The minimum absolute atomic E-state index is 0.0288. The van der Waals surface area contributed by atoms with Crippen LogP contribution in [0.1, 0.15) is 36.7 Å². The van der Waals surface area contributed by atoms with Crippen LogP contribution < -0.4 is 10.1 Å². The fourth-order valence-corrected chi connectivity index (χ4v) is 2.97. The number of para-hydroxylation sites is 2. The largest absolute Gasteiger partial charge is 0.489 e. The SMILES string of the molecule is CCN(Cc1ccccc1)C(=O)c1ccc(Nc2ccccc2OC(C)C)nc1. The first-order valence-corrected chi connectivity index (χ1v) is 9.88. The van der Waals surface area contributed by atoms with E-state index in [2.05, 4.69) is 10.3 Å². The fourth-order valence-electron chi connectivity index (χ4n) is 2.97. The van der Waals surface area contributed by atoms with E-state index in [-0.39, 0.29) is 12.0 Å². The van der Waals surface area contributed by atoms with Crippen LogP contribution >= 0.6 is 0 Å². The van der Waals surface area contributed by atoms with Gasteiger partial charge in [0.25, 0.3) is 5.91 Å². The second kappa shape index (κ2) is 9.73. The van der Waals surface area contributed by atoms with Crippen molar-refractivity contribution in [3.63, 3.8) is 0 Å². The number of rotatable bonds is 8. The van der Waals surface area contributed by atoms with Crippen molar-refractivity contribution in [3.8, 4) is 5.75 Å². The molecule has 0 atom stereocenters. The van der Waals surface area contributed by atoms with Crippen LogP contribution in [0.15, 0.2) is 72.9 Å². The standard InChI is InChI=1S/C24H27N3O2/c1-4-27(17-19-10-6-5-7-11-19)24(28)20-14-15-23(25-16-20)26-21-12-8-9-13-22(21)29-18(2)3/h5-16,18H,4,17H2,1-3H3,(H,25,26). The van der Waals surface area contributed by atoms with E-state index >= 15 is 0 Å². The molecule has 0 bridgehead atoms. The monoisotopic (exact) mass is 389 g/mol. The minimum atomic E-state index is -0.0288. The van der Waals surface area contributed by atoms with Gasteiger partial charge in [-0.15, -0.1) is 0 Å². The maximum Gasteiger partial charge on any atom is 0.255 e. The zero-order valence-electron chi connectivity index (χ0n) is 17.1. The summed E-state index contributed by atoms with van der Waals surface area (Å²) in [5, 5.41) is 3.27. The number of carbonyl (C=O) groups is 1. The van der Waals surface area contributed by atoms with Crippen LogP contribution in [0.3, 0.4) is 0 Å². The van der Waals surface area contributed by atoms with Crippen LogP contribution in [-0.2, 0) is 6.54 Å². The van der Waals surface area contributed by atoms with E-state index in [9.17, 15) is 4.79 Å². The number of nitrogens with one attached hydrogen (secondary N) is 1. The van der Waals surface area contributed by atoms with Crippen LogP contribution in [-0.4, -0.2) is 28.4 Å². The Morgan fingerprint density at radius 2 is 1.76 bits per heavy atom. The van der Waals surface area contributed by atoms with Gasteiger partial charge >= 0.3 is 0 Å². The predicted octanol–water partition coefficient (Wildman–Crippen LogP) is 5.27. The molecule has 0 spiro atoms. The third-order valence-electron chi connectivity index (χ3n) is 4.41. The highest BCUT2D eigenvalue weighted by atomic mass is 16.5. The Bertz CT molecular complexity index is 924. The number of benzene rings is 2. The normalized spacial score (nSPS) is 10.6.